The van der Waals surface area contributed by atoms with Gasteiger partial charge in [-0.3, -0.25) is 4.98 Å². The van der Waals surface area contributed by atoms with Gasteiger partial charge in [-0.15, -0.1) is 11.6 Å². The zero-order valence-electron chi connectivity index (χ0n) is 9.64. The van der Waals surface area contributed by atoms with Gasteiger partial charge in [-0.1, -0.05) is 18.2 Å². The number of hydrogen-bond acceptors (Lipinski definition) is 2. The Kier molecular flexibility index (Phi) is 2.89. The number of hydrogen-bond donors (Lipinski definition) is 0. The van der Waals surface area contributed by atoms with Gasteiger partial charge in [0.25, 0.3) is 0 Å². The van der Waals surface area contributed by atoms with Crippen molar-refractivity contribution in [3.63, 3.8) is 0 Å². The van der Waals surface area contributed by atoms with E-state index in [0.29, 0.717) is 0 Å². The van der Waals surface area contributed by atoms with Crippen molar-refractivity contribution in [1.82, 2.24) is 4.98 Å². The average Bonchev–Trinajstić information content (AvgIpc) is 2.38. The van der Waals surface area contributed by atoms with Crippen LogP contribution in [0.5, 0.6) is 0 Å². The third kappa shape index (κ3) is 2.09. The number of benzene rings is 1. The van der Waals surface area contributed by atoms with Crippen molar-refractivity contribution in [3.05, 3.63) is 36.5 Å². The molecule has 1 atom stereocenters. The summed E-state index contributed by atoms with van der Waals surface area (Å²) in [4.78, 5) is 6.78. The highest BCUT2D eigenvalue weighted by Gasteiger charge is 2.19. The van der Waals surface area contributed by atoms with Gasteiger partial charge in [0.2, 0.25) is 0 Å². The number of alkyl halides is 1. The molecule has 2 aromatic rings. The summed E-state index contributed by atoms with van der Waals surface area (Å²) < 4.78 is 0. The second-order valence-corrected chi connectivity index (χ2v) is 5.15. The number of pyridine rings is 1. The molecule has 2 heterocycles. The Morgan fingerprint density at radius 2 is 2.12 bits per heavy atom. The van der Waals surface area contributed by atoms with Crippen molar-refractivity contribution in [3.8, 4) is 0 Å². The number of anilines is 1. The summed E-state index contributed by atoms with van der Waals surface area (Å²) in [5.74, 6) is 0. The molecule has 1 aliphatic heterocycles. The van der Waals surface area contributed by atoms with E-state index in [-0.39, 0.29) is 5.38 Å². The monoisotopic (exact) mass is 246 g/mol. The quantitative estimate of drug-likeness (QED) is 0.717. The molecule has 1 saturated heterocycles. The van der Waals surface area contributed by atoms with Crippen LogP contribution < -0.4 is 4.90 Å². The second kappa shape index (κ2) is 4.53. The SMILES string of the molecule is ClC1CCCN(c2ccnc3ccccc23)C1. The number of nitrogens with zero attached hydrogens (tertiary/aromatic N) is 2. The molecule has 3 heteroatoms. The van der Waals surface area contributed by atoms with E-state index in [1.165, 1.54) is 17.5 Å². The minimum Gasteiger partial charge on any atom is -0.369 e. The topological polar surface area (TPSA) is 16.1 Å². The van der Waals surface area contributed by atoms with Crippen molar-refractivity contribution in [2.45, 2.75) is 18.2 Å². The van der Waals surface area contributed by atoms with E-state index in [4.69, 9.17) is 11.6 Å². The van der Waals surface area contributed by atoms with Crippen LogP contribution in [-0.2, 0) is 0 Å². The van der Waals surface area contributed by atoms with E-state index < -0.39 is 0 Å². The first-order chi connectivity index (χ1) is 8.34. The molecular formula is C14H15ClN2. The standard InChI is InChI=1S/C14H15ClN2/c15-11-4-3-9-17(10-11)14-7-8-16-13-6-2-1-5-12(13)14/h1-2,5-8,11H,3-4,9-10H2. The fraction of sp³-hybridized carbons (Fsp3) is 0.357. The largest absolute Gasteiger partial charge is 0.369 e. The van der Waals surface area contributed by atoms with Gasteiger partial charge in [0, 0.05) is 30.4 Å². The van der Waals surface area contributed by atoms with Crippen LogP contribution >= 0.6 is 11.6 Å². The summed E-state index contributed by atoms with van der Waals surface area (Å²) in [6, 6.07) is 10.4. The van der Waals surface area contributed by atoms with Crippen molar-refractivity contribution in [2.75, 3.05) is 18.0 Å². The van der Waals surface area contributed by atoms with E-state index in [2.05, 4.69) is 34.1 Å². The summed E-state index contributed by atoms with van der Waals surface area (Å²) in [7, 11) is 0. The predicted octanol–water partition coefficient (Wildman–Crippen LogP) is 3.44. The molecule has 88 valence electrons. The first kappa shape index (κ1) is 10.8. The van der Waals surface area contributed by atoms with Crippen molar-refractivity contribution < 1.29 is 0 Å². The highest BCUT2D eigenvalue weighted by Crippen LogP contribution is 2.28. The molecule has 17 heavy (non-hydrogen) atoms. The lowest BCUT2D eigenvalue weighted by atomic mass is 10.1. The molecule has 3 rings (SSSR count). The molecule has 0 aliphatic carbocycles. The van der Waals surface area contributed by atoms with Gasteiger partial charge in [-0.25, -0.2) is 0 Å². The number of piperidine rings is 1. The van der Waals surface area contributed by atoms with Gasteiger partial charge < -0.3 is 4.90 Å². The molecule has 0 spiro atoms. The number of para-hydroxylation sites is 1. The Labute approximate surface area is 106 Å². The number of halogens is 1. The van der Waals surface area contributed by atoms with Crippen LogP contribution in [0.25, 0.3) is 10.9 Å². The second-order valence-electron chi connectivity index (χ2n) is 4.53. The Bertz CT molecular complexity index is 521. The molecule has 1 aliphatic rings. The molecule has 1 aromatic carbocycles. The van der Waals surface area contributed by atoms with Gasteiger partial charge >= 0.3 is 0 Å². The zero-order valence-corrected chi connectivity index (χ0v) is 10.4. The highest BCUT2D eigenvalue weighted by molar-refractivity contribution is 6.21. The van der Waals surface area contributed by atoms with Crippen LogP contribution in [0.2, 0.25) is 0 Å². The predicted molar refractivity (Wildman–Crippen MR) is 72.8 cm³/mol. The number of rotatable bonds is 1. The first-order valence-corrected chi connectivity index (χ1v) is 6.51. The fourth-order valence-electron chi connectivity index (χ4n) is 2.50. The van der Waals surface area contributed by atoms with Gasteiger partial charge in [0.15, 0.2) is 0 Å². The molecule has 0 amide bonds. The highest BCUT2D eigenvalue weighted by atomic mass is 35.5. The van der Waals surface area contributed by atoms with Gasteiger partial charge in [-0.2, -0.15) is 0 Å². The van der Waals surface area contributed by atoms with Crippen LogP contribution in [0.4, 0.5) is 5.69 Å². The zero-order chi connectivity index (χ0) is 11.7. The maximum absolute atomic E-state index is 6.26. The van der Waals surface area contributed by atoms with Crippen LogP contribution in [0.15, 0.2) is 36.5 Å². The van der Waals surface area contributed by atoms with E-state index in [0.717, 1.165) is 25.0 Å². The minimum atomic E-state index is 0.274. The van der Waals surface area contributed by atoms with Crippen LogP contribution in [0.1, 0.15) is 12.8 Å². The molecule has 1 fully saturated rings. The third-order valence-corrected chi connectivity index (χ3v) is 3.69. The fourth-order valence-corrected chi connectivity index (χ4v) is 2.82. The van der Waals surface area contributed by atoms with Gasteiger partial charge in [0.05, 0.1) is 10.9 Å². The maximum atomic E-state index is 6.26. The lowest BCUT2D eigenvalue weighted by molar-refractivity contribution is 0.585. The van der Waals surface area contributed by atoms with Crippen LogP contribution in [0, 0.1) is 0 Å². The smallest absolute Gasteiger partial charge is 0.0722 e. The van der Waals surface area contributed by atoms with Crippen LogP contribution in [0.3, 0.4) is 0 Å². The minimum absolute atomic E-state index is 0.274. The van der Waals surface area contributed by atoms with Gasteiger partial charge in [0.1, 0.15) is 0 Å². The summed E-state index contributed by atoms with van der Waals surface area (Å²) in [5.41, 5.74) is 2.32. The van der Waals surface area contributed by atoms with Crippen molar-refractivity contribution >= 4 is 28.2 Å². The molecule has 1 unspecified atom stereocenters. The molecule has 1 aromatic heterocycles. The molecule has 2 nitrogen and oxygen atoms in total. The Hall–Kier alpha value is -1.28. The third-order valence-electron chi connectivity index (χ3n) is 3.33. The summed E-state index contributed by atoms with van der Waals surface area (Å²) in [6.45, 7) is 2.03. The summed E-state index contributed by atoms with van der Waals surface area (Å²) in [5, 5.41) is 1.50. The molecule has 0 N–H and O–H groups in total. The molecular weight excluding hydrogens is 232 g/mol. The van der Waals surface area contributed by atoms with E-state index in [9.17, 15) is 0 Å². The maximum Gasteiger partial charge on any atom is 0.0722 e. The normalized spacial score (nSPS) is 20.8. The lowest BCUT2D eigenvalue weighted by Gasteiger charge is -2.32. The Morgan fingerprint density at radius 3 is 3.00 bits per heavy atom. The first-order valence-electron chi connectivity index (χ1n) is 6.07. The Morgan fingerprint density at radius 1 is 1.24 bits per heavy atom. The summed E-state index contributed by atoms with van der Waals surface area (Å²) >= 11 is 6.26. The molecule has 0 bridgehead atoms. The lowest BCUT2D eigenvalue weighted by Crippen LogP contribution is -2.36. The molecule has 0 saturated carbocycles. The van der Waals surface area contributed by atoms with Gasteiger partial charge in [-0.05, 0) is 25.0 Å². The van der Waals surface area contributed by atoms with E-state index >= 15 is 0 Å². The summed E-state index contributed by atoms with van der Waals surface area (Å²) in [6.07, 6.45) is 4.18. The Balaban J connectivity index is 2.04. The van der Waals surface area contributed by atoms with Crippen LogP contribution in [-0.4, -0.2) is 23.5 Å². The molecule has 0 radical (unpaired) electrons. The van der Waals surface area contributed by atoms with E-state index in [1.54, 1.807) is 0 Å². The number of fused-ring (bicyclic) bond motifs is 1. The van der Waals surface area contributed by atoms with E-state index in [1.807, 2.05) is 12.3 Å². The van der Waals surface area contributed by atoms with Crippen molar-refractivity contribution in [2.24, 2.45) is 0 Å². The number of aromatic nitrogens is 1. The van der Waals surface area contributed by atoms with Crippen molar-refractivity contribution in [1.29, 1.82) is 0 Å². The average molecular weight is 247 g/mol.